The Labute approximate surface area is 119 Å². The van der Waals surface area contributed by atoms with E-state index in [4.69, 9.17) is 19.7 Å². The van der Waals surface area contributed by atoms with Gasteiger partial charge in [-0.3, -0.25) is 0 Å². The summed E-state index contributed by atoms with van der Waals surface area (Å²) >= 11 is 0. The van der Waals surface area contributed by atoms with Crippen LogP contribution >= 0.6 is 0 Å². The highest BCUT2D eigenvalue weighted by Gasteiger charge is 2.28. The summed E-state index contributed by atoms with van der Waals surface area (Å²) in [4.78, 5) is 8.56. The lowest BCUT2D eigenvalue weighted by molar-refractivity contribution is 0.0728. The molecule has 20 heavy (non-hydrogen) atoms. The Morgan fingerprint density at radius 2 is 1.60 bits per heavy atom. The van der Waals surface area contributed by atoms with Crippen LogP contribution in [-0.2, 0) is 14.8 Å². The summed E-state index contributed by atoms with van der Waals surface area (Å²) in [5.41, 5.74) is 0. The first-order chi connectivity index (χ1) is 9.42. The van der Waals surface area contributed by atoms with Crippen LogP contribution in [0, 0.1) is 5.92 Å². The van der Waals surface area contributed by atoms with Gasteiger partial charge in [0.1, 0.15) is 0 Å². The number of hydrogen-bond acceptors (Lipinski definition) is 4. The predicted octanol–water partition coefficient (Wildman–Crippen LogP) is 1.45. The average Bonchev–Trinajstić information content (AvgIpc) is 2.40. The van der Waals surface area contributed by atoms with E-state index < -0.39 is 16.2 Å². The average molecular weight is 309 g/mol. The Kier molecular flexibility index (Phi) is 7.25. The van der Waals surface area contributed by atoms with Crippen LogP contribution in [0.1, 0.15) is 32.1 Å². The molecular weight excluding hydrogens is 286 g/mol. The van der Waals surface area contributed by atoms with Crippen molar-refractivity contribution in [2.75, 3.05) is 32.1 Å². The standard InChI is InChI=1S/C11H21NO3S.CH2O3/c13-16(14,12-6-8-15-9-7-12)10-11-4-2-1-3-5-11;2-1(3)4/h11H,1-10H2;(H2,2,3,4). The number of sulfonamides is 1. The molecule has 0 bridgehead atoms. The predicted molar refractivity (Wildman–Crippen MR) is 73.4 cm³/mol. The number of ether oxygens (including phenoxy) is 1. The summed E-state index contributed by atoms with van der Waals surface area (Å²) in [7, 11) is -3.03. The largest absolute Gasteiger partial charge is 0.503 e. The molecule has 0 aromatic carbocycles. The Morgan fingerprint density at radius 1 is 1.10 bits per heavy atom. The SMILES string of the molecule is O=C(O)O.O=S(=O)(CC1CCCCC1)N1CCOCC1. The molecule has 2 N–H and O–H groups in total. The van der Waals surface area contributed by atoms with Crippen molar-refractivity contribution in [3.8, 4) is 0 Å². The summed E-state index contributed by atoms with van der Waals surface area (Å²) < 4.78 is 31.0. The number of hydrogen-bond donors (Lipinski definition) is 2. The van der Waals surface area contributed by atoms with Gasteiger partial charge in [0.15, 0.2) is 0 Å². The van der Waals surface area contributed by atoms with E-state index in [1.165, 1.54) is 19.3 Å². The third kappa shape index (κ3) is 6.53. The maximum absolute atomic E-state index is 12.1. The lowest BCUT2D eigenvalue weighted by Crippen LogP contribution is -2.43. The molecule has 1 aliphatic heterocycles. The third-order valence-corrected chi connectivity index (χ3v) is 5.58. The molecule has 0 aromatic heterocycles. The molecule has 118 valence electrons. The van der Waals surface area contributed by atoms with Gasteiger partial charge in [0, 0.05) is 13.1 Å². The molecule has 0 spiro atoms. The van der Waals surface area contributed by atoms with E-state index in [0.717, 1.165) is 12.8 Å². The van der Waals surface area contributed by atoms with Gasteiger partial charge in [-0.2, -0.15) is 4.31 Å². The number of rotatable bonds is 3. The van der Waals surface area contributed by atoms with E-state index in [9.17, 15) is 8.42 Å². The van der Waals surface area contributed by atoms with Crippen LogP contribution in [0.2, 0.25) is 0 Å². The molecule has 2 fully saturated rings. The van der Waals surface area contributed by atoms with Gasteiger partial charge < -0.3 is 14.9 Å². The van der Waals surface area contributed by atoms with Crippen LogP contribution in [-0.4, -0.2) is 61.1 Å². The molecule has 0 unspecified atom stereocenters. The molecule has 0 amide bonds. The van der Waals surface area contributed by atoms with Gasteiger partial charge in [0.2, 0.25) is 10.0 Å². The fourth-order valence-electron chi connectivity index (χ4n) is 2.58. The second-order valence-corrected chi connectivity index (χ2v) is 7.09. The van der Waals surface area contributed by atoms with Crippen LogP contribution in [0.5, 0.6) is 0 Å². The van der Waals surface area contributed by atoms with Crippen molar-refractivity contribution in [1.29, 1.82) is 0 Å². The molecule has 0 radical (unpaired) electrons. The lowest BCUT2D eigenvalue weighted by atomic mass is 9.91. The highest BCUT2D eigenvalue weighted by Crippen LogP contribution is 2.25. The summed E-state index contributed by atoms with van der Waals surface area (Å²) in [6.45, 7) is 2.16. The van der Waals surface area contributed by atoms with E-state index in [2.05, 4.69) is 0 Å². The van der Waals surface area contributed by atoms with Crippen molar-refractivity contribution in [2.45, 2.75) is 32.1 Å². The first-order valence-electron chi connectivity index (χ1n) is 6.89. The van der Waals surface area contributed by atoms with Crippen molar-refractivity contribution in [3.63, 3.8) is 0 Å². The fraction of sp³-hybridized carbons (Fsp3) is 0.917. The molecule has 1 saturated heterocycles. The summed E-state index contributed by atoms with van der Waals surface area (Å²) in [5, 5.41) is 13.9. The third-order valence-electron chi connectivity index (χ3n) is 3.53. The topological polar surface area (TPSA) is 104 Å². The number of carboxylic acid groups (broad SMARTS) is 2. The van der Waals surface area contributed by atoms with E-state index in [1.54, 1.807) is 4.31 Å². The highest BCUT2D eigenvalue weighted by atomic mass is 32.2. The molecule has 1 saturated carbocycles. The van der Waals surface area contributed by atoms with Gasteiger partial charge in [-0.25, -0.2) is 13.2 Å². The van der Waals surface area contributed by atoms with E-state index in [-0.39, 0.29) is 0 Å². The minimum atomic E-state index is -3.03. The van der Waals surface area contributed by atoms with Gasteiger partial charge in [-0.15, -0.1) is 0 Å². The van der Waals surface area contributed by atoms with E-state index in [1.807, 2.05) is 0 Å². The Hall–Kier alpha value is -0.860. The van der Waals surface area contributed by atoms with Gasteiger partial charge >= 0.3 is 6.16 Å². The minimum absolute atomic E-state index is 0.354. The van der Waals surface area contributed by atoms with Crippen molar-refractivity contribution in [2.24, 2.45) is 5.92 Å². The molecule has 2 aliphatic rings. The van der Waals surface area contributed by atoms with Crippen LogP contribution in [0.4, 0.5) is 4.79 Å². The minimum Gasteiger partial charge on any atom is -0.450 e. The van der Waals surface area contributed by atoms with Gasteiger partial charge in [-0.05, 0) is 18.8 Å². The number of nitrogens with zero attached hydrogens (tertiary/aromatic N) is 1. The first kappa shape index (κ1) is 17.2. The summed E-state index contributed by atoms with van der Waals surface area (Å²) in [6, 6.07) is 0. The summed E-state index contributed by atoms with van der Waals surface area (Å²) in [6.07, 6.45) is 4.01. The molecule has 2 rings (SSSR count). The lowest BCUT2D eigenvalue weighted by Gasteiger charge is -2.29. The van der Waals surface area contributed by atoms with Crippen LogP contribution < -0.4 is 0 Å². The van der Waals surface area contributed by atoms with Crippen LogP contribution in [0.25, 0.3) is 0 Å². The molecule has 8 heteroatoms. The molecule has 1 aliphatic carbocycles. The van der Waals surface area contributed by atoms with Crippen LogP contribution in [0.15, 0.2) is 0 Å². The normalized spacial score (nSPS) is 21.8. The number of morpholine rings is 1. The van der Waals surface area contributed by atoms with Crippen molar-refractivity contribution in [1.82, 2.24) is 4.31 Å². The fourth-order valence-corrected chi connectivity index (χ4v) is 4.43. The molecular formula is C12H23NO6S. The molecule has 0 aromatic rings. The first-order valence-corrected chi connectivity index (χ1v) is 8.50. The van der Waals surface area contributed by atoms with Crippen molar-refractivity contribution >= 4 is 16.2 Å². The van der Waals surface area contributed by atoms with E-state index >= 15 is 0 Å². The second kappa shape index (κ2) is 8.43. The zero-order valence-corrected chi connectivity index (χ0v) is 12.3. The number of carbonyl (C=O) groups is 1. The van der Waals surface area contributed by atoms with Crippen LogP contribution in [0.3, 0.4) is 0 Å². The Bertz CT molecular complexity index is 381. The van der Waals surface area contributed by atoms with Crippen molar-refractivity contribution < 1.29 is 28.2 Å². The Balaban J connectivity index is 0.000000444. The zero-order valence-electron chi connectivity index (χ0n) is 11.5. The quantitative estimate of drug-likeness (QED) is 0.817. The van der Waals surface area contributed by atoms with Crippen molar-refractivity contribution in [3.05, 3.63) is 0 Å². The van der Waals surface area contributed by atoms with Gasteiger partial charge in [-0.1, -0.05) is 19.3 Å². The molecule has 7 nitrogen and oxygen atoms in total. The molecule has 0 atom stereocenters. The Morgan fingerprint density at radius 3 is 2.10 bits per heavy atom. The monoisotopic (exact) mass is 309 g/mol. The van der Waals surface area contributed by atoms with Gasteiger partial charge in [0.25, 0.3) is 0 Å². The highest BCUT2D eigenvalue weighted by molar-refractivity contribution is 7.89. The van der Waals surface area contributed by atoms with Gasteiger partial charge in [0.05, 0.1) is 19.0 Å². The second-order valence-electron chi connectivity index (χ2n) is 5.08. The maximum Gasteiger partial charge on any atom is 0.503 e. The molecule has 1 heterocycles. The van der Waals surface area contributed by atoms with E-state index in [0.29, 0.717) is 38.0 Å². The zero-order chi connectivity index (χ0) is 15.0. The smallest absolute Gasteiger partial charge is 0.450 e. The summed E-state index contributed by atoms with van der Waals surface area (Å²) in [5.74, 6) is 0.745. The maximum atomic E-state index is 12.1.